The number of hydrogen-bond acceptors (Lipinski definition) is 4. The number of hydrogen-bond donors (Lipinski definition) is 3. The summed E-state index contributed by atoms with van der Waals surface area (Å²) in [5.74, 6) is 0.303. The van der Waals surface area contributed by atoms with E-state index in [-0.39, 0.29) is 17.1 Å². The summed E-state index contributed by atoms with van der Waals surface area (Å²) in [4.78, 5) is 12.2. The fraction of sp³-hybridized carbons (Fsp3) is 0.588. The summed E-state index contributed by atoms with van der Waals surface area (Å²) in [5.41, 5.74) is 6.54. The first-order chi connectivity index (χ1) is 11.9. The standard InChI is InChI=1S/C17H28N4O3S/c1-13(2)12-19-17(22)20-15-8-6-7-14(11-18)16(15)25(23,24)21-9-4-3-5-10-21/h6-8,13H,3-5,9-12,18H2,1-2H3,(H2,19,20,22). The fourth-order valence-electron chi connectivity index (χ4n) is 2.85. The molecule has 1 saturated heterocycles. The first-order valence-electron chi connectivity index (χ1n) is 8.73. The molecule has 1 aliphatic rings. The molecule has 1 aromatic carbocycles. The van der Waals surface area contributed by atoms with E-state index in [0.29, 0.717) is 31.1 Å². The lowest BCUT2D eigenvalue weighted by Crippen LogP contribution is -2.37. The van der Waals surface area contributed by atoms with Crippen molar-refractivity contribution in [2.75, 3.05) is 25.0 Å². The third-order valence-electron chi connectivity index (χ3n) is 4.15. The Hall–Kier alpha value is -1.64. The number of nitrogens with two attached hydrogens (primary N) is 1. The monoisotopic (exact) mass is 368 g/mol. The Morgan fingerprint density at radius 1 is 1.24 bits per heavy atom. The van der Waals surface area contributed by atoms with Crippen LogP contribution in [0.25, 0.3) is 0 Å². The van der Waals surface area contributed by atoms with Crippen LogP contribution >= 0.6 is 0 Å². The number of anilines is 1. The molecule has 1 heterocycles. The molecular weight excluding hydrogens is 340 g/mol. The van der Waals surface area contributed by atoms with Crippen LogP contribution in [-0.4, -0.2) is 38.4 Å². The van der Waals surface area contributed by atoms with Crippen LogP contribution in [0.2, 0.25) is 0 Å². The Balaban J connectivity index is 2.33. The van der Waals surface area contributed by atoms with E-state index in [2.05, 4.69) is 10.6 Å². The molecule has 4 N–H and O–H groups in total. The number of amides is 2. The van der Waals surface area contributed by atoms with Crippen molar-refractivity contribution >= 4 is 21.7 Å². The second-order valence-electron chi connectivity index (χ2n) is 6.69. The number of benzene rings is 1. The highest BCUT2D eigenvalue weighted by molar-refractivity contribution is 7.89. The van der Waals surface area contributed by atoms with Crippen molar-refractivity contribution < 1.29 is 13.2 Å². The minimum atomic E-state index is -3.70. The van der Waals surface area contributed by atoms with Crippen LogP contribution in [0.4, 0.5) is 10.5 Å². The Labute approximate surface area is 150 Å². The third-order valence-corrected chi connectivity index (χ3v) is 6.19. The lowest BCUT2D eigenvalue weighted by molar-refractivity contribution is 0.251. The van der Waals surface area contributed by atoms with Gasteiger partial charge in [-0.1, -0.05) is 32.4 Å². The Morgan fingerprint density at radius 3 is 2.52 bits per heavy atom. The SMILES string of the molecule is CC(C)CNC(=O)Nc1cccc(CN)c1S(=O)(=O)N1CCCCC1. The van der Waals surface area contributed by atoms with Gasteiger partial charge in [-0.15, -0.1) is 0 Å². The number of nitrogens with zero attached hydrogens (tertiary/aromatic N) is 1. The Morgan fingerprint density at radius 2 is 1.92 bits per heavy atom. The number of piperidine rings is 1. The van der Waals surface area contributed by atoms with Crippen molar-refractivity contribution in [1.82, 2.24) is 9.62 Å². The van der Waals surface area contributed by atoms with E-state index in [1.807, 2.05) is 13.8 Å². The molecule has 0 unspecified atom stereocenters. The molecule has 0 radical (unpaired) electrons. The van der Waals surface area contributed by atoms with Gasteiger partial charge in [0.2, 0.25) is 10.0 Å². The first-order valence-corrected chi connectivity index (χ1v) is 10.2. The summed E-state index contributed by atoms with van der Waals surface area (Å²) in [6, 6.07) is 4.58. The fourth-order valence-corrected chi connectivity index (χ4v) is 4.72. The molecule has 1 fully saturated rings. The maximum absolute atomic E-state index is 13.1. The van der Waals surface area contributed by atoms with Crippen LogP contribution in [0.5, 0.6) is 0 Å². The molecule has 2 rings (SSSR count). The largest absolute Gasteiger partial charge is 0.338 e. The lowest BCUT2D eigenvalue weighted by Gasteiger charge is -2.28. The highest BCUT2D eigenvalue weighted by Gasteiger charge is 2.30. The normalized spacial score (nSPS) is 16.0. The van der Waals surface area contributed by atoms with Gasteiger partial charge in [0, 0.05) is 26.2 Å². The topological polar surface area (TPSA) is 105 Å². The van der Waals surface area contributed by atoms with E-state index in [1.165, 1.54) is 4.31 Å². The van der Waals surface area contributed by atoms with Gasteiger partial charge in [0.15, 0.2) is 0 Å². The van der Waals surface area contributed by atoms with E-state index in [0.717, 1.165) is 19.3 Å². The van der Waals surface area contributed by atoms with E-state index >= 15 is 0 Å². The molecule has 0 aliphatic carbocycles. The van der Waals surface area contributed by atoms with Gasteiger partial charge >= 0.3 is 6.03 Å². The molecular formula is C17H28N4O3S. The number of carbonyl (C=O) groups is 1. The molecule has 1 aromatic rings. The minimum absolute atomic E-state index is 0.0888. The molecule has 1 aliphatic heterocycles. The minimum Gasteiger partial charge on any atom is -0.338 e. The summed E-state index contributed by atoms with van der Waals surface area (Å²) < 4.78 is 27.8. The number of sulfonamides is 1. The second kappa shape index (κ2) is 8.64. The summed E-state index contributed by atoms with van der Waals surface area (Å²) in [6.45, 7) is 5.58. The van der Waals surface area contributed by atoms with Crippen molar-refractivity contribution in [2.24, 2.45) is 11.7 Å². The smallest absolute Gasteiger partial charge is 0.319 e. The van der Waals surface area contributed by atoms with E-state index < -0.39 is 16.1 Å². The Bertz CT molecular complexity index is 698. The van der Waals surface area contributed by atoms with Gasteiger partial charge in [0.1, 0.15) is 4.90 Å². The van der Waals surface area contributed by atoms with Gasteiger partial charge in [-0.25, -0.2) is 13.2 Å². The molecule has 140 valence electrons. The van der Waals surface area contributed by atoms with E-state index in [1.54, 1.807) is 18.2 Å². The van der Waals surface area contributed by atoms with Crippen LogP contribution in [0.3, 0.4) is 0 Å². The van der Waals surface area contributed by atoms with Crippen LogP contribution in [0.1, 0.15) is 38.7 Å². The number of carbonyl (C=O) groups excluding carboxylic acids is 1. The number of urea groups is 1. The first kappa shape index (κ1) is 19.7. The van der Waals surface area contributed by atoms with E-state index in [9.17, 15) is 13.2 Å². The van der Waals surface area contributed by atoms with Crippen molar-refractivity contribution in [3.63, 3.8) is 0 Å². The maximum Gasteiger partial charge on any atom is 0.319 e. The van der Waals surface area contributed by atoms with Gasteiger partial charge < -0.3 is 16.4 Å². The molecule has 0 aromatic heterocycles. The molecule has 0 saturated carbocycles. The molecule has 7 nitrogen and oxygen atoms in total. The summed E-state index contributed by atoms with van der Waals surface area (Å²) >= 11 is 0. The Kier molecular flexibility index (Phi) is 6.80. The van der Waals surface area contributed by atoms with Crippen LogP contribution in [0.15, 0.2) is 23.1 Å². The van der Waals surface area contributed by atoms with Gasteiger partial charge in [0.25, 0.3) is 0 Å². The van der Waals surface area contributed by atoms with Crippen LogP contribution in [0, 0.1) is 5.92 Å². The van der Waals surface area contributed by atoms with Gasteiger partial charge in [-0.2, -0.15) is 4.31 Å². The summed E-state index contributed by atoms with van der Waals surface area (Å²) in [7, 11) is -3.70. The zero-order valence-electron chi connectivity index (χ0n) is 14.9. The lowest BCUT2D eigenvalue weighted by atomic mass is 10.2. The quantitative estimate of drug-likeness (QED) is 0.715. The molecule has 0 bridgehead atoms. The van der Waals surface area contributed by atoms with Crippen LogP contribution in [-0.2, 0) is 16.6 Å². The number of nitrogens with one attached hydrogen (secondary N) is 2. The van der Waals surface area contributed by atoms with Gasteiger partial charge in [0.05, 0.1) is 5.69 Å². The molecule has 2 amide bonds. The highest BCUT2D eigenvalue weighted by atomic mass is 32.2. The zero-order valence-corrected chi connectivity index (χ0v) is 15.7. The average Bonchev–Trinajstić information content (AvgIpc) is 2.60. The molecule has 25 heavy (non-hydrogen) atoms. The van der Waals surface area contributed by atoms with Crippen LogP contribution < -0.4 is 16.4 Å². The third kappa shape index (κ3) is 4.93. The summed E-state index contributed by atoms with van der Waals surface area (Å²) in [5, 5.41) is 5.41. The van der Waals surface area contributed by atoms with Crippen molar-refractivity contribution in [3.8, 4) is 0 Å². The maximum atomic E-state index is 13.1. The van der Waals surface area contributed by atoms with Crippen molar-refractivity contribution in [1.29, 1.82) is 0 Å². The van der Waals surface area contributed by atoms with Crippen molar-refractivity contribution in [2.45, 2.75) is 44.6 Å². The predicted octanol–water partition coefficient (Wildman–Crippen LogP) is 2.10. The van der Waals surface area contributed by atoms with E-state index in [4.69, 9.17) is 5.73 Å². The van der Waals surface area contributed by atoms with Gasteiger partial charge in [-0.3, -0.25) is 0 Å². The average molecular weight is 369 g/mol. The highest BCUT2D eigenvalue weighted by Crippen LogP contribution is 2.30. The zero-order chi connectivity index (χ0) is 18.4. The second-order valence-corrected chi connectivity index (χ2v) is 8.57. The molecule has 8 heteroatoms. The predicted molar refractivity (Wildman–Crippen MR) is 98.8 cm³/mol. The summed E-state index contributed by atoms with van der Waals surface area (Å²) in [6.07, 6.45) is 2.73. The molecule has 0 spiro atoms. The van der Waals surface area contributed by atoms with Crippen molar-refractivity contribution in [3.05, 3.63) is 23.8 Å². The molecule has 0 atom stereocenters. The van der Waals surface area contributed by atoms with Gasteiger partial charge in [-0.05, 0) is 30.4 Å². The number of rotatable bonds is 6.